The Balaban J connectivity index is 1.71. The van der Waals surface area contributed by atoms with Gasteiger partial charge in [-0.25, -0.2) is 13.2 Å². The molecule has 3 rings (SSSR count). The van der Waals surface area contributed by atoms with Crippen molar-refractivity contribution in [2.75, 3.05) is 32.1 Å². The van der Waals surface area contributed by atoms with Crippen LogP contribution in [0.3, 0.4) is 0 Å². The summed E-state index contributed by atoms with van der Waals surface area (Å²) in [6.45, 7) is 0.360. The van der Waals surface area contributed by atoms with Crippen molar-refractivity contribution in [2.24, 2.45) is 0 Å². The number of halogens is 1. The van der Waals surface area contributed by atoms with Crippen LogP contribution in [0.5, 0.6) is 5.75 Å². The number of amides is 1. The molecule has 1 amide bonds. The lowest BCUT2D eigenvalue weighted by Gasteiger charge is -2.26. The summed E-state index contributed by atoms with van der Waals surface area (Å²) in [5.74, 6) is -1.11. The molecular weight excluding hydrogens is 444 g/mol. The Kier molecular flexibility index (Phi) is 7.53. The molecule has 0 saturated carbocycles. The Morgan fingerprint density at radius 2 is 1.81 bits per heavy atom. The number of esters is 1. The SMILES string of the molecule is COc1ccc(S(=O)(=O)N2CCCCC2)cc1NC(=O)COC(=O)c1ccccc1Cl. The average molecular weight is 467 g/mol. The topological polar surface area (TPSA) is 102 Å². The zero-order valence-electron chi connectivity index (χ0n) is 17.0. The standard InChI is InChI=1S/C21H23ClN2O6S/c1-29-19-10-9-15(31(27,28)24-11-5-2-6-12-24)13-18(19)23-20(25)14-30-21(26)16-7-3-4-8-17(16)22/h3-4,7-10,13H,2,5-6,11-12,14H2,1H3,(H,23,25). The van der Waals surface area contributed by atoms with Crippen LogP contribution in [-0.2, 0) is 19.6 Å². The number of nitrogens with one attached hydrogen (secondary N) is 1. The van der Waals surface area contributed by atoms with Gasteiger partial charge in [-0.1, -0.05) is 30.2 Å². The van der Waals surface area contributed by atoms with Crippen LogP contribution in [0.1, 0.15) is 29.6 Å². The van der Waals surface area contributed by atoms with Gasteiger partial charge in [0.2, 0.25) is 10.0 Å². The maximum Gasteiger partial charge on any atom is 0.340 e. The predicted molar refractivity (Wildman–Crippen MR) is 116 cm³/mol. The summed E-state index contributed by atoms with van der Waals surface area (Å²) in [6, 6.07) is 10.6. The van der Waals surface area contributed by atoms with Crippen LogP contribution < -0.4 is 10.1 Å². The number of ether oxygens (including phenoxy) is 2. The number of sulfonamides is 1. The summed E-state index contributed by atoms with van der Waals surface area (Å²) in [5.41, 5.74) is 0.309. The molecule has 8 nitrogen and oxygen atoms in total. The highest BCUT2D eigenvalue weighted by Gasteiger charge is 2.27. The molecule has 1 aliphatic rings. The van der Waals surface area contributed by atoms with Crippen LogP contribution in [0, 0.1) is 0 Å². The molecule has 31 heavy (non-hydrogen) atoms. The fourth-order valence-electron chi connectivity index (χ4n) is 3.22. The van der Waals surface area contributed by atoms with Gasteiger partial charge in [-0.05, 0) is 43.2 Å². The summed E-state index contributed by atoms with van der Waals surface area (Å²) in [4.78, 5) is 24.5. The molecule has 166 valence electrons. The van der Waals surface area contributed by atoms with Crippen molar-refractivity contribution >= 4 is 39.2 Å². The first-order valence-corrected chi connectivity index (χ1v) is 11.5. The van der Waals surface area contributed by atoms with Crippen molar-refractivity contribution in [3.63, 3.8) is 0 Å². The van der Waals surface area contributed by atoms with E-state index in [1.165, 1.54) is 41.7 Å². The minimum atomic E-state index is -3.69. The van der Waals surface area contributed by atoms with Crippen molar-refractivity contribution in [2.45, 2.75) is 24.2 Å². The molecule has 0 spiro atoms. The average Bonchev–Trinajstić information content (AvgIpc) is 2.78. The number of rotatable bonds is 7. The summed E-state index contributed by atoms with van der Waals surface area (Å²) in [6.07, 6.45) is 2.63. The number of carbonyl (C=O) groups excluding carboxylic acids is 2. The molecule has 1 heterocycles. The molecule has 1 aliphatic heterocycles. The number of piperidine rings is 1. The lowest BCUT2D eigenvalue weighted by atomic mass is 10.2. The smallest absolute Gasteiger partial charge is 0.340 e. The summed E-state index contributed by atoms with van der Waals surface area (Å²) >= 11 is 5.95. The van der Waals surface area contributed by atoms with Crippen LogP contribution >= 0.6 is 11.6 Å². The van der Waals surface area contributed by atoms with Gasteiger partial charge in [-0.15, -0.1) is 0 Å². The predicted octanol–water partition coefficient (Wildman–Crippen LogP) is 3.32. The van der Waals surface area contributed by atoms with Gasteiger partial charge < -0.3 is 14.8 Å². The van der Waals surface area contributed by atoms with E-state index in [0.29, 0.717) is 13.1 Å². The molecule has 10 heteroatoms. The highest BCUT2D eigenvalue weighted by atomic mass is 35.5. The molecule has 1 N–H and O–H groups in total. The lowest BCUT2D eigenvalue weighted by molar-refractivity contribution is -0.119. The van der Waals surface area contributed by atoms with Gasteiger partial charge in [-0.3, -0.25) is 4.79 Å². The normalized spacial score (nSPS) is 14.6. The molecule has 1 fully saturated rings. The van der Waals surface area contributed by atoms with Crippen LogP contribution in [0.15, 0.2) is 47.4 Å². The quantitative estimate of drug-likeness (QED) is 0.628. The second-order valence-electron chi connectivity index (χ2n) is 6.93. The Labute approximate surface area is 186 Å². The van der Waals surface area contributed by atoms with Crippen LogP contribution in [0.25, 0.3) is 0 Å². The van der Waals surface area contributed by atoms with Crippen molar-refractivity contribution in [3.05, 3.63) is 53.1 Å². The number of hydrogen-bond acceptors (Lipinski definition) is 6. The third-order valence-electron chi connectivity index (χ3n) is 4.83. The minimum Gasteiger partial charge on any atom is -0.495 e. The molecule has 1 saturated heterocycles. The van der Waals surface area contributed by atoms with E-state index in [-0.39, 0.29) is 26.9 Å². The van der Waals surface area contributed by atoms with Crippen LogP contribution in [0.2, 0.25) is 5.02 Å². The molecule has 0 aliphatic carbocycles. The van der Waals surface area contributed by atoms with Gasteiger partial charge in [0.15, 0.2) is 6.61 Å². The van der Waals surface area contributed by atoms with Crippen molar-refractivity contribution < 1.29 is 27.5 Å². The van der Waals surface area contributed by atoms with E-state index in [2.05, 4.69) is 5.32 Å². The first kappa shape index (κ1) is 23.1. The Morgan fingerprint density at radius 3 is 2.48 bits per heavy atom. The van der Waals surface area contributed by atoms with E-state index in [1.54, 1.807) is 12.1 Å². The lowest BCUT2D eigenvalue weighted by Crippen LogP contribution is -2.35. The molecule has 0 bridgehead atoms. The zero-order valence-corrected chi connectivity index (χ0v) is 18.5. The fourth-order valence-corrected chi connectivity index (χ4v) is 4.98. The van der Waals surface area contributed by atoms with Gasteiger partial charge >= 0.3 is 5.97 Å². The molecule has 0 atom stereocenters. The van der Waals surface area contributed by atoms with E-state index >= 15 is 0 Å². The van der Waals surface area contributed by atoms with Crippen molar-refractivity contribution in [1.82, 2.24) is 4.31 Å². The first-order chi connectivity index (χ1) is 14.8. The van der Waals surface area contributed by atoms with Gasteiger partial charge in [0, 0.05) is 13.1 Å². The second kappa shape index (κ2) is 10.1. The molecule has 0 radical (unpaired) electrons. The molecule has 0 aromatic heterocycles. The highest BCUT2D eigenvalue weighted by molar-refractivity contribution is 7.89. The molecule has 2 aromatic carbocycles. The van der Waals surface area contributed by atoms with E-state index in [4.69, 9.17) is 21.1 Å². The second-order valence-corrected chi connectivity index (χ2v) is 9.28. The Bertz CT molecular complexity index is 1070. The Morgan fingerprint density at radius 1 is 1.10 bits per heavy atom. The highest BCUT2D eigenvalue weighted by Crippen LogP contribution is 2.30. The number of carbonyl (C=O) groups is 2. The third kappa shape index (κ3) is 5.55. The van der Waals surface area contributed by atoms with Gasteiger partial charge in [0.05, 0.1) is 28.3 Å². The third-order valence-corrected chi connectivity index (χ3v) is 7.05. The molecular formula is C21H23ClN2O6S. The number of benzene rings is 2. The van der Waals surface area contributed by atoms with E-state index in [1.807, 2.05) is 0 Å². The van der Waals surface area contributed by atoms with Gasteiger partial charge in [-0.2, -0.15) is 4.31 Å². The fraction of sp³-hybridized carbons (Fsp3) is 0.333. The van der Waals surface area contributed by atoms with E-state index < -0.39 is 28.5 Å². The largest absolute Gasteiger partial charge is 0.495 e. The number of nitrogens with zero attached hydrogens (tertiary/aromatic N) is 1. The van der Waals surface area contributed by atoms with Gasteiger partial charge in [0.1, 0.15) is 5.75 Å². The minimum absolute atomic E-state index is 0.0542. The van der Waals surface area contributed by atoms with E-state index in [0.717, 1.165) is 19.3 Å². The summed E-state index contributed by atoms with van der Waals surface area (Å²) in [5, 5.41) is 2.75. The first-order valence-electron chi connectivity index (χ1n) is 9.72. The number of hydrogen-bond donors (Lipinski definition) is 1. The van der Waals surface area contributed by atoms with Crippen molar-refractivity contribution in [3.8, 4) is 5.75 Å². The summed E-state index contributed by atoms with van der Waals surface area (Å²) in [7, 11) is -2.28. The maximum atomic E-state index is 12.9. The molecule has 0 unspecified atom stereocenters. The van der Waals surface area contributed by atoms with Crippen LogP contribution in [0.4, 0.5) is 5.69 Å². The zero-order chi connectivity index (χ0) is 22.4. The van der Waals surface area contributed by atoms with Gasteiger partial charge in [0.25, 0.3) is 5.91 Å². The van der Waals surface area contributed by atoms with Crippen LogP contribution in [-0.4, -0.2) is 51.4 Å². The molecule has 2 aromatic rings. The van der Waals surface area contributed by atoms with E-state index in [9.17, 15) is 18.0 Å². The summed E-state index contributed by atoms with van der Waals surface area (Å²) < 4.78 is 37.5. The number of anilines is 1. The van der Waals surface area contributed by atoms with Crippen molar-refractivity contribution in [1.29, 1.82) is 0 Å². The Hall–Kier alpha value is -2.62. The maximum absolute atomic E-state index is 12.9. The monoisotopic (exact) mass is 466 g/mol. The number of methoxy groups -OCH3 is 1.